The molecule has 1 saturated heterocycles. The Morgan fingerprint density at radius 3 is 2.48 bits per heavy atom. The third-order valence-electron chi connectivity index (χ3n) is 6.55. The normalized spacial score (nSPS) is 25.6. The molecule has 0 spiro atoms. The van der Waals surface area contributed by atoms with Gasteiger partial charge in [-0.1, -0.05) is 0 Å². The first-order valence-electron chi connectivity index (χ1n) is 10.6. The standard InChI is InChI=1S/C22H30F3IN2O3/c1-20(2,30)21(6-3-18(12-21)28-17-4-7-31-8-5-17)19(29)27-13-14-9-15(22(23,24)25)11-16(26)10-14/h9-11,17-18,28,30H,3-8,12-13H2,1-2H3,(H,27,29)/t18-,21-/m1/s1. The van der Waals surface area contributed by atoms with Crippen molar-refractivity contribution < 1.29 is 27.8 Å². The topological polar surface area (TPSA) is 70.6 Å². The van der Waals surface area contributed by atoms with E-state index in [9.17, 15) is 23.1 Å². The van der Waals surface area contributed by atoms with Gasteiger partial charge >= 0.3 is 6.18 Å². The third kappa shape index (κ3) is 5.91. The molecule has 5 nitrogen and oxygen atoms in total. The molecular weight excluding hydrogens is 524 g/mol. The van der Waals surface area contributed by atoms with E-state index in [0.29, 0.717) is 28.0 Å². The highest BCUT2D eigenvalue weighted by molar-refractivity contribution is 14.1. The Hall–Kier alpha value is -0.910. The molecule has 2 aliphatic rings. The predicted octanol–water partition coefficient (Wildman–Crippen LogP) is 4.00. The Morgan fingerprint density at radius 1 is 1.19 bits per heavy atom. The van der Waals surface area contributed by atoms with Crippen LogP contribution in [0.15, 0.2) is 18.2 Å². The van der Waals surface area contributed by atoms with Crippen LogP contribution in [0.4, 0.5) is 13.2 Å². The summed E-state index contributed by atoms with van der Waals surface area (Å²) in [5.74, 6) is -0.316. The van der Waals surface area contributed by atoms with Crippen LogP contribution >= 0.6 is 22.6 Å². The van der Waals surface area contributed by atoms with Crippen molar-refractivity contribution in [2.75, 3.05) is 13.2 Å². The van der Waals surface area contributed by atoms with Gasteiger partial charge in [0.1, 0.15) is 0 Å². The van der Waals surface area contributed by atoms with Gasteiger partial charge < -0.3 is 20.5 Å². The highest BCUT2D eigenvalue weighted by Gasteiger charge is 2.54. The first kappa shape index (κ1) is 24.7. The number of aliphatic hydroxyl groups is 1. The smallest absolute Gasteiger partial charge is 0.389 e. The molecule has 0 aromatic heterocycles. The van der Waals surface area contributed by atoms with Gasteiger partial charge in [0.15, 0.2) is 0 Å². The Morgan fingerprint density at radius 2 is 1.87 bits per heavy atom. The summed E-state index contributed by atoms with van der Waals surface area (Å²) in [6.45, 7) is 4.69. The molecule has 3 N–H and O–H groups in total. The number of benzene rings is 1. The lowest BCUT2D eigenvalue weighted by molar-refractivity contribution is -0.146. The number of rotatable bonds is 6. The second kappa shape index (κ2) is 9.52. The van der Waals surface area contributed by atoms with Crippen LogP contribution in [0.2, 0.25) is 0 Å². The Kier molecular flexibility index (Phi) is 7.60. The van der Waals surface area contributed by atoms with E-state index in [4.69, 9.17) is 4.74 Å². The quantitative estimate of drug-likeness (QED) is 0.466. The summed E-state index contributed by atoms with van der Waals surface area (Å²) in [6, 6.07) is 4.20. The number of nitrogens with one attached hydrogen (secondary N) is 2. The minimum absolute atomic E-state index is 0.0192. The monoisotopic (exact) mass is 554 g/mol. The van der Waals surface area contributed by atoms with Gasteiger partial charge in [-0.3, -0.25) is 4.79 Å². The van der Waals surface area contributed by atoms with E-state index < -0.39 is 22.8 Å². The van der Waals surface area contributed by atoms with Gasteiger partial charge in [-0.2, -0.15) is 13.2 Å². The molecule has 1 amide bonds. The van der Waals surface area contributed by atoms with E-state index >= 15 is 0 Å². The van der Waals surface area contributed by atoms with E-state index in [1.807, 2.05) is 22.6 Å². The molecule has 31 heavy (non-hydrogen) atoms. The molecule has 0 bridgehead atoms. The number of halogens is 4. The van der Waals surface area contributed by atoms with Crippen molar-refractivity contribution >= 4 is 28.5 Å². The van der Waals surface area contributed by atoms with Gasteiger partial charge in [-0.25, -0.2) is 0 Å². The molecule has 1 saturated carbocycles. The molecule has 1 aromatic rings. The van der Waals surface area contributed by atoms with Gasteiger partial charge in [0.25, 0.3) is 0 Å². The van der Waals surface area contributed by atoms with E-state index in [0.717, 1.165) is 44.6 Å². The van der Waals surface area contributed by atoms with Gasteiger partial charge in [-0.15, -0.1) is 0 Å². The fraction of sp³-hybridized carbons (Fsp3) is 0.682. The first-order chi connectivity index (χ1) is 14.4. The maximum Gasteiger partial charge on any atom is 0.416 e. The maximum atomic E-state index is 13.2. The van der Waals surface area contributed by atoms with Crippen molar-refractivity contribution in [3.63, 3.8) is 0 Å². The number of amides is 1. The average Bonchev–Trinajstić information content (AvgIpc) is 3.11. The molecular formula is C22H30F3IN2O3. The number of alkyl halides is 3. The van der Waals surface area contributed by atoms with Crippen molar-refractivity contribution in [2.45, 2.75) is 76.4 Å². The SMILES string of the molecule is CC(C)(O)[C@]1(C(=O)NCc2cc(I)cc(C(F)(F)F)c2)CC[C@@H](NC2CCOCC2)C1. The van der Waals surface area contributed by atoms with E-state index in [2.05, 4.69) is 10.6 Å². The molecule has 3 rings (SSSR count). The molecule has 1 heterocycles. The molecule has 9 heteroatoms. The Bertz CT molecular complexity index is 791. The highest BCUT2D eigenvalue weighted by atomic mass is 127. The molecule has 174 valence electrons. The van der Waals surface area contributed by atoms with Crippen LogP contribution in [0.25, 0.3) is 0 Å². The molecule has 1 aliphatic carbocycles. The van der Waals surface area contributed by atoms with Crippen molar-refractivity contribution in [3.05, 3.63) is 32.9 Å². The zero-order chi connectivity index (χ0) is 22.9. The van der Waals surface area contributed by atoms with Crippen LogP contribution in [-0.4, -0.2) is 41.9 Å². The Labute approximate surface area is 194 Å². The van der Waals surface area contributed by atoms with Crippen molar-refractivity contribution in [2.24, 2.45) is 5.41 Å². The molecule has 2 fully saturated rings. The largest absolute Gasteiger partial charge is 0.416 e. The lowest BCUT2D eigenvalue weighted by Gasteiger charge is -2.39. The molecule has 1 aliphatic heterocycles. The Balaban J connectivity index is 1.69. The zero-order valence-electron chi connectivity index (χ0n) is 17.8. The maximum absolute atomic E-state index is 13.2. The molecule has 0 radical (unpaired) electrons. The van der Waals surface area contributed by atoms with Crippen LogP contribution in [0, 0.1) is 8.99 Å². The molecule has 2 atom stereocenters. The van der Waals surface area contributed by atoms with E-state index in [1.54, 1.807) is 19.9 Å². The van der Waals surface area contributed by atoms with Crippen molar-refractivity contribution in [1.82, 2.24) is 10.6 Å². The van der Waals surface area contributed by atoms with E-state index in [-0.39, 0.29) is 18.5 Å². The fourth-order valence-corrected chi connectivity index (χ4v) is 5.43. The van der Waals surface area contributed by atoms with E-state index in [1.165, 1.54) is 0 Å². The van der Waals surface area contributed by atoms with Crippen LogP contribution in [0.3, 0.4) is 0 Å². The summed E-state index contributed by atoms with van der Waals surface area (Å²) in [5.41, 5.74) is -2.61. The van der Waals surface area contributed by atoms with Crippen molar-refractivity contribution in [3.8, 4) is 0 Å². The summed E-state index contributed by atoms with van der Waals surface area (Å²) in [6.07, 6.45) is -0.832. The summed E-state index contributed by atoms with van der Waals surface area (Å²) in [4.78, 5) is 13.2. The predicted molar refractivity (Wildman–Crippen MR) is 119 cm³/mol. The molecule has 1 aromatic carbocycles. The minimum atomic E-state index is -4.44. The average molecular weight is 554 g/mol. The van der Waals surface area contributed by atoms with Gasteiger partial charge in [-0.05, 0) is 92.3 Å². The first-order valence-corrected chi connectivity index (χ1v) is 11.7. The second-order valence-corrected chi connectivity index (χ2v) is 10.4. The lowest BCUT2D eigenvalue weighted by Crippen LogP contribution is -2.53. The lowest BCUT2D eigenvalue weighted by atomic mass is 9.71. The summed E-state index contributed by atoms with van der Waals surface area (Å²) >= 11 is 1.84. The second-order valence-electron chi connectivity index (χ2n) is 9.16. The van der Waals surface area contributed by atoms with Crippen LogP contribution in [0.5, 0.6) is 0 Å². The fourth-order valence-electron chi connectivity index (χ4n) is 4.69. The van der Waals surface area contributed by atoms with Crippen LogP contribution in [-0.2, 0) is 22.3 Å². The third-order valence-corrected chi connectivity index (χ3v) is 7.17. The number of carbonyl (C=O) groups excluding carboxylic acids is 1. The summed E-state index contributed by atoms with van der Waals surface area (Å²) in [5, 5.41) is 17.3. The van der Waals surface area contributed by atoms with Crippen LogP contribution in [0.1, 0.15) is 57.1 Å². The summed E-state index contributed by atoms with van der Waals surface area (Å²) in [7, 11) is 0. The van der Waals surface area contributed by atoms with Gasteiger partial charge in [0.2, 0.25) is 5.91 Å². The number of hydrogen-bond acceptors (Lipinski definition) is 4. The summed E-state index contributed by atoms with van der Waals surface area (Å²) < 4.78 is 45.2. The zero-order valence-corrected chi connectivity index (χ0v) is 20.0. The van der Waals surface area contributed by atoms with Gasteiger partial charge in [0.05, 0.1) is 16.6 Å². The minimum Gasteiger partial charge on any atom is -0.389 e. The van der Waals surface area contributed by atoms with Gasteiger partial charge in [0, 0.05) is 35.4 Å². The van der Waals surface area contributed by atoms with Crippen molar-refractivity contribution in [1.29, 1.82) is 0 Å². The highest BCUT2D eigenvalue weighted by Crippen LogP contribution is 2.47. The number of carbonyl (C=O) groups is 1. The van der Waals surface area contributed by atoms with Crippen LogP contribution < -0.4 is 10.6 Å². The molecule has 0 unspecified atom stereocenters. The number of ether oxygens (including phenoxy) is 1. The number of hydrogen-bond donors (Lipinski definition) is 3.